The predicted octanol–water partition coefficient (Wildman–Crippen LogP) is 1.52. The van der Waals surface area contributed by atoms with E-state index >= 15 is 0 Å². The summed E-state index contributed by atoms with van der Waals surface area (Å²) in [4.78, 5) is 10.9. The molecular weight excluding hydrogens is 383 g/mol. The van der Waals surface area contributed by atoms with Gasteiger partial charge in [-0.25, -0.2) is 13.2 Å². The minimum absolute atomic E-state index is 0.0599. The summed E-state index contributed by atoms with van der Waals surface area (Å²) in [6.45, 7) is 0.0627. The van der Waals surface area contributed by atoms with Gasteiger partial charge < -0.3 is 5.11 Å². The highest BCUT2D eigenvalue weighted by Crippen LogP contribution is 2.20. The van der Waals surface area contributed by atoms with Crippen LogP contribution in [0.15, 0.2) is 23.1 Å². The molecule has 8 heteroatoms. The van der Waals surface area contributed by atoms with Crippen LogP contribution in [0, 0.1) is 14.9 Å². The van der Waals surface area contributed by atoms with Crippen LogP contribution in [0.5, 0.6) is 0 Å². The van der Waals surface area contributed by atoms with Crippen molar-refractivity contribution in [1.29, 1.82) is 5.26 Å². The number of aromatic carboxylic acids is 1. The van der Waals surface area contributed by atoms with E-state index in [-0.39, 0.29) is 23.4 Å². The van der Waals surface area contributed by atoms with Crippen molar-refractivity contribution in [1.82, 2.24) is 4.31 Å². The first-order chi connectivity index (χ1) is 8.80. The molecule has 1 aromatic carbocycles. The molecule has 0 atom stereocenters. The van der Waals surface area contributed by atoms with E-state index in [1.165, 1.54) is 19.2 Å². The van der Waals surface area contributed by atoms with Gasteiger partial charge in [0.15, 0.2) is 0 Å². The summed E-state index contributed by atoms with van der Waals surface area (Å²) in [5.74, 6) is -1.18. The lowest BCUT2D eigenvalue weighted by Gasteiger charge is -2.16. The molecule has 0 spiro atoms. The van der Waals surface area contributed by atoms with Crippen LogP contribution < -0.4 is 0 Å². The fourth-order valence-electron chi connectivity index (χ4n) is 1.34. The van der Waals surface area contributed by atoms with Gasteiger partial charge >= 0.3 is 5.97 Å². The van der Waals surface area contributed by atoms with Gasteiger partial charge in [0.05, 0.1) is 16.5 Å². The monoisotopic (exact) mass is 394 g/mol. The number of nitriles is 1. The van der Waals surface area contributed by atoms with Crippen LogP contribution >= 0.6 is 22.6 Å². The number of carboxylic acid groups (broad SMARTS) is 1. The highest BCUT2D eigenvalue weighted by Gasteiger charge is 2.22. The summed E-state index contributed by atoms with van der Waals surface area (Å²) in [5, 5.41) is 17.4. The number of carbonyl (C=O) groups is 1. The van der Waals surface area contributed by atoms with Gasteiger partial charge in [0.1, 0.15) is 0 Å². The van der Waals surface area contributed by atoms with E-state index in [4.69, 9.17) is 10.4 Å². The summed E-state index contributed by atoms with van der Waals surface area (Å²) in [5.41, 5.74) is -0.0599. The second kappa shape index (κ2) is 6.31. The van der Waals surface area contributed by atoms with E-state index in [0.717, 1.165) is 10.4 Å². The molecule has 0 aliphatic carbocycles. The first kappa shape index (κ1) is 15.9. The third-order valence-corrected chi connectivity index (χ3v) is 5.21. The second-order valence-corrected chi connectivity index (χ2v) is 6.89. The van der Waals surface area contributed by atoms with Crippen LogP contribution in [0.2, 0.25) is 0 Å². The van der Waals surface area contributed by atoms with Crippen molar-refractivity contribution >= 4 is 38.6 Å². The zero-order chi connectivity index (χ0) is 14.6. The zero-order valence-electron chi connectivity index (χ0n) is 10.00. The highest BCUT2D eigenvalue weighted by atomic mass is 127. The maximum absolute atomic E-state index is 12.1. The maximum atomic E-state index is 12.1. The van der Waals surface area contributed by atoms with Crippen molar-refractivity contribution in [2.45, 2.75) is 11.3 Å². The van der Waals surface area contributed by atoms with E-state index < -0.39 is 16.0 Å². The lowest BCUT2D eigenvalue weighted by atomic mass is 10.2. The smallest absolute Gasteiger partial charge is 0.336 e. The molecule has 0 bridgehead atoms. The minimum Gasteiger partial charge on any atom is -0.478 e. The Morgan fingerprint density at radius 3 is 2.68 bits per heavy atom. The molecule has 19 heavy (non-hydrogen) atoms. The molecule has 0 heterocycles. The van der Waals surface area contributed by atoms with Crippen molar-refractivity contribution in [2.24, 2.45) is 0 Å². The van der Waals surface area contributed by atoms with Gasteiger partial charge in [-0.1, -0.05) is 0 Å². The van der Waals surface area contributed by atoms with Gasteiger partial charge in [-0.2, -0.15) is 9.57 Å². The molecular formula is C11H11IN2O4S. The Kier molecular flexibility index (Phi) is 5.28. The summed E-state index contributed by atoms with van der Waals surface area (Å²) in [6, 6.07) is 5.78. The van der Waals surface area contributed by atoms with Crippen LogP contribution in [0.25, 0.3) is 0 Å². The summed E-state index contributed by atoms with van der Waals surface area (Å²) in [7, 11) is -2.42. The number of benzene rings is 1. The molecule has 0 aromatic heterocycles. The van der Waals surface area contributed by atoms with E-state index in [0.29, 0.717) is 3.57 Å². The summed E-state index contributed by atoms with van der Waals surface area (Å²) in [6.07, 6.45) is 0.0753. The average Bonchev–Trinajstić information content (AvgIpc) is 2.35. The quantitative estimate of drug-likeness (QED) is 0.764. The Balaban J connectivity index is 3.19. The molecule has 0 radical (unpaired) electrons. The summed E-state index contributed by atoms with van der Waals surface area (Å²) >= 11 is 1.83. The van der Waals surface area contributed by atoms with Gasteiger partial charge in [-0.15, -0.1) is 0 Å². The molecule has 6 nitrogen and oxygen atoms in total. The normalized spacial score (nSPS) is 11.3. The zero-order valence-corrected chi connectivity index (χ0v) is 13.0. The molecule has 0 unspecified atom stereocenters. The van der Waals surface area contributed by atoms with Gasteiger partial charge in [-0.3, -0.25) is 0 Å². The van der Waals surface area contributed by atoms with Crippen LogP contribution in [-0.4, -0.2) is 37.4 Å². The number of sulfonamides is 1. The Bertz CT molecular complexity index is 637. The number of rotatable bonds is 5. The third kappa shape index (κ3) is 3.65. The number of hydrogen-bond donors (Lipinski definition) is 1. The standard InChI is InChI=1S/C11H11IN2O4S/c1-14(6-2-5-13)19(17,18)8-3-4-10(12)9(7-8)11(15)16/h3-4,7H,2,6H2,1H3,(H,15,16). The van der Waals surface area contributed by atoms with Crippen molar-refractivity contribution < 1.29 is 18.3 Å². The van der Waals surface area contributed by atoms with Crippen LogP contribution in [0.1, 0.15) is 16.8 Å². The molecule has 0 fully saturated rings. The Hall–Kier alpha value is -1.18. The number of nitrogens with zero attached hydrogens (tertiary/aromatic N) is 2. The molecule has 0 saturated carbocycles. The molecule has 0 aliphatic rings. The fraction of sp³-hybridized carbons (Fsp3) is 0.273. The predicted molar refractivity (Wildman–Crippen MR) is 76.2 cm³/mol. The van der Waals surface area contributed by atoms with Crippen LogP contribution in [0.3, 0.4) is 0 Å². The Morgan fingerprint density at radius 1 is 1.53 bits per heavy atom. The number of hydrogen-bond acceptors (Lipinski definition) is 4. The molecule has 1 N–H and O–H groups in total. The minimum atomic E-state index is -3.77. The maximum Gasteiger partial charge on any atom is 0.336 e. The SMILES string of the molecule is CN(CCC#N)S(=O)(=O)c1ccc(I)c(C(=O)O)c1. The van der Waals surface area contributed by atoms with Crippen molar-refractivity contribution in [2.75, 3.05) is 13.6 Å². The lowest BCUT2D eigenvalue weighted by Crippen LogP contribution is -2.28. The van der Waals surface area contributed by atoms with E-state index in [2.05, 4.69) is 0 Å². The van der Waals surface area contributed by atoms with E-state index in [1.807, 2.05) is 28.7 Å². The fourth-order valence-corrected chi connectivity index (χ4v) is 3.10. The first-order valence-corrected chi connectivity index (χ1v) is 7.68. The van der Waals surface area contributed by atoms with Crippen molar-refractivity contribution in [3.8, 4) is 6.07 Å². The third-order valence-electron chi connectivity index (χ3n) is 2.41. The largest absolute Gasteiger partial charge is 0.478 e. The molecule has 102 valence electrons. The summed E-state index contributed by atoms with van der Waals surface area (Å²) < 4.78 is 25.8. The van der Waals surface area contributed by atoms with Crippen molar-refractivity contribution in [3.05, 3.63) is 27.3 Å². The number of carboxylic acids is 1. The molecule has 0 aliphatic heterocycles. The number of halogens is 1. The van der Waals surface area contributed by atoms with Gasteiger partial charge in [0.2, 0.25) is 10.0 Å². The van der Waals surface area contributed by atoms with Gasteiger partial charge in [0.25, 0.3) is 0 Å². The van der Waals surface area contributed by atoms with Gasteiger partial charge in [0, 0.05) is 23.6 Å². The van der Waals surface area contributed by atoms with Crippen LogP contribution in [0.4, 0.5) is 0 Å². The second-order valence-electron chi connectivity index (χ2n) is 3.68. The average molecular weight is 394 g/mol. The molecule has 1 aromatic rings. The van der Waals surface area contributed by atoms with E-state index in [1.54, 1.807) is 0 Å². The highest BCUT2D eigenvalue weighted by molar-refractivity contribution is 14.1. The van der Waals surface area contributed by atoms with Crippen LogP contribution in [-0.2, 0) is 10.0 Å². The topological polar surface area (TPSA) is 98.5 Å². The van der Waals surface area contributed by atoms with Gasteiger partial charge in [-0.05, 0) is 40.8 Å². The Morgan fingerprint density at radius 2 is 2.16 bits per heavy atom. The lowest BCUT2D eigenvalue weighted by molar-refractivity contribution is 0.0695. The molecule has 0 saturated heterocycles. The Labute approximate surface area is 124 Å². The van der Waals surface area contributed by atoms with E-state index in [9.17, 15) is 13.2 Å². The molecule has 1 rings (SSSR count). The van der Waals surface area contributed by atoms with Crippen molar-refractivity contribution in [3.63, 3.8) is 0 Å². The first-order valence-electron chi connectivity index (χ1n) is 5.17. The molecule has 0 amide bonds.